The van der Waals surface area contributed by atoms with Gasteiger partial charge in [-0.25, -0.2) is 4.98 Å². The van der Waals surface area contributed by atoms with Crippen LogP contribution in [0.25, 0.3) is 11.3 Å². The van der Waals surface area contributed by atoms with Gasteiger partial charge in [-0.1, -0.05) is 30.3 Å². The Morgan fingerprint density at radius 3 is 2.60 bits per heavy atom. The average Bonchev–Trinajstić information content (AvgIpc) is 3.03. The van der Waals surface area contributed by atoms with Crippen molar-refractivity contribution in [2.45, 2.75) is 6.92 Å². The largest absolute Gasteiger partial charge is 0.497 e. The number of thiazole rings is 1. The van der Waals surface area contributed by atoms with E-state index >= 15 is 0 Å². The maximum Gasteiger partial charge on any atom is 0.204 e. The molecule has 2 aromatic carbocycles. The zero-order valence-electron chi connectivity index (χ0n) is 14.3. The summed E-state index contributed by atoms with van der Waals surface area (Å²) in [7, 11) is 3.25. The van der Waals surface area contributed by atoms with Crippen LogP contribution in [-0.4, -0.2) is 25.4 Å². The van der Waals surface area contributed by atoms with Gasteiger partial charge in [0.05, 0.1) is 26.1 Å². The van der Waals surface area contributed by atoms with E-state index in [2.05, 4.69) is 34.6 Å². The highest BCUT2D eigenvalue weighted by Crippen LogP contribution is 2.30. The van der Waals surface area contributed by atoms with Gasteiger partial charge in [0, 0.05) is 22.1 Å². The molecular weight excluding hydrogens is 334 g/mol. The molecule has 0 spiro atoms. The number of ether oxygens (including phenoxy) is 2. The molecule has 3 aromatic rings. The molecular formula is C19H19N3O2S. The third-order valence-corrected chi connectivity index (χ3v) is 4.52. The smallest absolute Gasteiger partial charge is 0.204 e. The van der Waals surface area contributed by atoms with E-state index in [0.29, 0.717) is 5.75 Å². The summed E-state index contributed by atoms with van der Waals surface area (Å²) in [6.07, 6.45) is 1.71. The van der Waals surface area contributed by atoms with Crippen LogP contribution in [0.1, 0.15) is 10.4 Å². The van der Waals surface area contributed by atoms with Gasteiger partial charge in [0.25, 0.3) is 0 Å². The third-order valence-electron chi connectivity index (χ3n) is 3.65. The van der Waals surface area contributed by atoms with E-state index in [9.17, 15) is 0 Å². The molecule has 1 aromatic heterocycles. The van der Waals surface area contributed by atoms with Gasteiger partial charge in [0.2, 0.25) is 5.13 Å². The zero-order valence-corrected chi connectivity index (χ0v) is 15.1. The van der Waals surface area contributed by atoms with Crippen LogP contribution in [0, 0.1) is 6.92 Å². The van der Waals surface area contributed by atoms with Crippen molar-refractivity contribution >= 4 is 22.7 Å². The summed E-state index contributed by atoms with van der Waals surface area (Å²) >= 11 is 1.57. The number of hydrogen-bond donors (Lipinski definition) is 1. The van der Waals surface area contributed by atoms with Gasteiger partial charge in [-0.05, 0) is 19.1 Å². The first-order chi connectivity index (χ1) is 12.2. The van der Waals surface area contributed by atoms with E-state index in [1.807, 2.05) is 36.4 Å². The normalized spacial score (nSPS) is 10.8. The molecule has 0 bridgehead atoms. The maximum absolute atomic E-state index is 5.36. The number of rotatable bonds is 6. The molecule has 1 N–H and O–H groups in total. The lowest BCUT2D eigenvalue weighted by Crippen LogP contribution is -1.95. The van der Waals surface area contributed by atoms with E-state index in [-0.39, 0.29) is 0 Å². The molecule has 0 saturated heterocycles. The highest BCUT2D eigenvalue weighted by atomic mass is 32.1. The molecule has 0 aliphatic carbocycles. The number of aryl methyl sites for hydroxylation is 1. The predicted molar refractivity (Wildman–Crippen MR) is 103 cm³/mol. The zero-order chi connectivity index (χ0) is 17.6. The average molecular weight is 353 g/mol. The number of benzene rings is 2. The summed E-state index contributed by atoms with van der Waals surface area (Å²) in [5.41, 5.74) is 5.93. The van der Waals surface area contributed by atoms with Crippen LogP contribution in [0.15, 0.2) is 53.6 Å². The minimum atomic E-state index is 0.699. The van der Waals surface area contributed by atoms with Gasteiger partial charge in [-0.2, -0.15) is 5.10 Å². The number of methoxy groups -OCH3 is 2. The van der Waals surface area contributed by atoms with Crippen LogP contribution in [0.2, 0.25) is 0 Å². The van der Waals surface area contributed by atoms with Crippen molar-refractivity contribution in [3.63, 3.8) is 0 Å². The number of anilines is 1. The minimum absolute atomic E-state index is 0.699. The number of aromatic nitrogens is 1. The van der Waals surface area contributed by atoms with Crippen molar-refractivity contribution < 1.29 is 9.47 Å². The maximum atomic E-state index is 5.36. The molecule has 5 nitrogen and oxygen atoms in total. The SMILES string of the molecule is COc1ccc(/C=N/Nc2nc(-c3ccccc3)c(C)s2)c(OC)c1. The number of nitrogens with one attached hydrogen (secondary N) is 1. The molecule has 0 unspecified atom stereocenters. The standard InChI is InChI=1S/C19H19N3O2S/c1-13-18(14-7-5-4-6-8-14)21-19(25-13)22-20-12-15-9-10-16(23-2)11-17(15)24-3/h4-12H,1-3H3,(H,21,22)/b20-12+. The Kier molecular flexibility index (Phi) is 5.30. The van der Waals surface area contributed by atoms with Crippen molar-refractivity contribution in [2.75, 3.05) is 19.6 Å². The lowest BCUT2D eigenvalue weighted by Gasteiger charge is -2.06. The van der Waals surface area contributed by atoms with Crippen LogP contribution in [0.3, 0.4) is 0 Å². The minimum Gasteiger partial charge on any atom is -0.497 e. The van der Waals surface area contributed by atoms with Gasteiger partial charge in [-0.15, -0.1) is 11.3 Å². The van der Waals surface area contributed by atoms with Crippen molar-refractivity contribution in [1.29, 1.82) is 0 Å². The number of hydrazone groups is 1. The molecule has 3 rings (SSSR count). The lowest BCUT2D eigenvalue weighted by molar-refractivity contribution is 0.394. The first-order valence-electron chi connectivity index (χ1n) is 7.75. The first kappa shape index (κ1) is 17.0. The van der Waals surface area contributed by atoms with Gasteiger partial charge in [0.15, 0.2) is 0 Å². The quantitative estimate of drug-likeness (QED) is 0.520. The summed E-state index contributed by atoms with van der Waals surface area (Å²) in [6.45, 7) is 2.06. The van der Waals surface area contributed by atoms with Crippen LogP contribution in [-0.2, 0) is 0 Å². The second-order valence-electron chi connectivity index (χ2n) is 5.27. The molecule has 6 heteroatoms. The van der Waals surface area contributed by atoms with E-state index in [4.69, 9.17) is 9.47 Å². The Balaban J connectivity index is 1.75. The highest BCUT2D eigenvalue weighted by molar-refractivity contribution is 7.15. The van der Waals surface area contributed by atoms with E-state index in [0.717, 1.165) is 32.6 Å². The van der Waals surface area contributed by atoms with E-state index in [1.54, 1.807) is 31.8 Å². The lowest BCUT2D eigenvalue weighted by atomic mass is 10.1. The Morgan fingerprint density at radius 2 is 1.88 bits per heavy atom. The Morgan fingerprint density at radius 1 is 1.08 bits per heavy atom. The molecule has 1 heterocycles. The molecule has 128 valence electrons. The third kappa shape index (κ3) is 3.97. The summed E-state index contributed by atoms with van der Waals surface area (Å²) in [4.78, 5) is 5.77. The van der Waals surface area contributed by atoms with Crippen LogP contribution in [0.4, 0.5) is 5.13 Å². The Labute approximate surface area is 151 Å². The molecule has 0 radical (unpaired) electrons. The highest BCUT2D eigenvalue weighted by Gasteiger charge is 2.09. The predicted octanol–water partition coefficient (Wildman–Crippen LogP) is 4.58. The molecule has 0 amide bonds. The van der Waals surface area contributed by atoms with Crippen molar-refractivity contribution in [2.24, 2.45) is 5.10 Å². The van der Waals surface area contributed by atoms with E-state index in [1.165, 1.54) is 0 Å². The van der Waals surface area contributed by atoms with E-state index < -0.39 is 0 Å². The summed E-state index contributed by atoms with van der Waals surface area (Å²) in [5, 5.41) is 5.03. The molecule has 0 saturated carbocycles. The molecule has 0 atom stereocenters. The summed E-state index contributed by atoms with van der Waals surface area (Å²) in [5.74, 6) is 1.44. The fourth-order valence-electron chi connectivity index (χ4n) is 2.39. The van der Waals surface area contributed by atoms with Gasteiger partial charge in [0.1, 0.15) is 11.5 Å². The number of nitrogens with zero attached hydrogens (tertiary/aromatic N) is 2. The molecule has 25 heavy (non-hydrogen) atoms. The fraction of sp³-hybridized carbons (Fsp3) is 0.158. The van der Waals surface area contributed by atoms with Crippen LogP contribution in [0.5, 0.6) is 11.5 Å². The second-order valence-corrected chi connectivity index (χ2v) is 6.47. The molecule has 0 aliphatic rings. The number of hydrogen-bond acceptors (Lipinski definition) is 6. The molecule has 0 fully saturated rings. The van der Waals surface area contributed by atoms with Crippen molar-refractivity contribution in [1.82, 2.24) is 4.98 Å². The van der Waals surface area contributed by atoms with Gasteiger partial charge in [-0.3, -0.25) is 5.43 Å². The monoisotopic (exact) mass is 353 g/mol. The summed E-state index contributed by atoms with van der Waals surface area (Å²) in [6, 6.07) is 15.7. The molecule has 0 aliphatic heterocycles. The fourth-order valence-corrected chi connectivity index (χ4v) is 3.18. The first-order valence-corrected chi connectivity index (χ1v) is 8.57. The topological polar surface area (TPSA) is 55.7 Å². The van der Waals surface area contributed by atoms with Crippen LogP contribution < -0.4 is 14.9 Å². The Hall–Kier alpha value is -2.86. The van der Waals surface area contributed by atoms with Gasteiger partial charge >= 0.3 is 0 Å². The van der Waals surface area contributed by atoms with Crippen LogP contribution >= 0.6 is 11.3 Å². The van der Waals surface area contributed by atoms with Gasteiger partial charge < -0.3 is 9.47 Å². The van der Waals surface area contributed by atoms with Crippen molar-refractivity contribution in [3.8, 4) is 22.8 Å². The summed E-state index contributed by atoms with van der Waals surface area (Å²) < 4.78 is 10.6. The Bertz CT molecular complexity index is 876. The van der Waals surface area contributed by atoms with Crippen molar-refractivity contribution in [3.05, 3.63) is 59.0 Å². The second kappa shape index (κ2) is 7.81.